The number of hydrogen-bond acceptors (Lipinski definition) is 3. The van der Waals surface area contributed by atoms with Crippen LogP contribution in [0.2, 0.25) is 0 Å². The summed E-state index contributed by atoms with van der Waals surface area (Å²) in [5, 5.41) is 0. The largest absolute Gasteiger partial charge is 0.493 e. The smallest absolute Gasteiger partial charge is 0.255 e. The Kier molecular flexibility index (Phi) is 3.63. The first kappa shape index (κ1) is 13.4. The number of pyridine rings is 1. The predicted octanol–water partition coefficient (Wildman–Crippen LogP) is 2.05. The van der Waals surface area contributed by atoms with E-state index in [1.54, 1.807) is 16.8 Å². The minimum atomic E-state index is -0.0401. The monoisotopic (exact) mass is 334 g/mol. The fraction of sp³-hybridized carbons (Fsp3) is 0.267. The topological polar surface area (TPSA) is 57.2 Å². The average Bonchev–Trinajstić information content (AvgIpc) is 2.89. The normalized spacial score (nSPS) is 13.1. The van der Waals surface area contributed by atoms with Gasteiger partial charge in [0, 0.05) is 34.8 Å². The number of aromatic nitrogens is 1. The van der Waals surface area contributed by atoms with Crippen LogP contribution in [-0.2, 0) is 19.5 Å². The van der Waals surface area contributed by atoms with Gasteiger partial charge in [-0.2, -0.15) is 0 Å². The van der Waals surface area contributed by atoms with Crippen molar-refractivity contribution in [2.45, 2.75) is 19.5 Å². The lowest BCUT2D eigenvalue weighted by atomic mass is 10.1. The van der Waals surface area contributed by atoms with Gasteiger partial charge in [-0.1, -0.05) is 22.0 Å². The number of hydrogen-bond donors (Lipinski definition) is 1. The van der Waals surface area contributed by atoms with Gasteiger partial charge in [0.15, 0.2) is 0 Å². The Morgan fingerprint density at radius 2 is 2.20 bits per heavy atom. The first-order chi connectivity index (χ1) is 9.69. The van der Waals surface area contributed by atoms with Gasteiger partial charge in [0.05, 0.1) is 13.2 Å². The van der Waals surface area contributed by atoms with Crippen LogP contribution in [0.3, 0.4) is 0 Å². The molecule has 0 saturated heterocycles. The molecule has 5 heteroatoms. The van der Waals surface area contributed by atoms with E-state index in [9.17, 15) is 4.79 Å². The van der Waals surface area contributed by atoms with Gasteiger partial charge in [-0.3, -0.25) is 4.79 Å². The Hall–Kier alpha value is -1.59. The van der Waals surface area contributed by atoms with E-state index in [2.05, 4.69) is 22.0 Å². The minimum absolute atomic E-state index is 0.0401. The molecule has 0 atom stereocenters. The quantitative estimate of drug-likeness (QED) is 0.934. The zero-order chi connectivity index (χ0) is 14.1. The standard InChI is InChI=1S/C15H15BrN2O2/c16-13-6-10-3-5-20-14(10)12(7-13)9-18-4-1-2-11(8-17)15(18)19/h1-2,4,6-7H,3,5,8-9,17H2. The van der Waals surface area contributed by atoms with Crippen molar-refractivity contribution in [2.24, 2.45) is 5.73 Å². The highest BCUT2D eigenvalue weighted by molar-refractivity contribution is 9.10. The van der Waals surface area contributed by atoms with Crippen LogP contribution >= 0.6 is 15.9 Å². The molecule has 0 radical (unpaired) electrons. The molecule has 0 aliphatic carbocycles. The van der Waals surface area contributed by atoms with E-state index in [0.29, 0.717) is 18.7 Å². The highest BCUT2D eigenvalue weighted by Gasteiger charge is 2.18. The average molecular weight is 335 g/mol. The van der Waals surface area contributed by atoms with Gasteiger partial charge in [0.1, 0.15) is 5.75 Å². The summed E-state index contributed by atoms with van der Waals surface area (Å²) < 4.78 is 8.38. The van der Waals surface area contributed by atoms with Crippen LogP contribution in [0, 0.1) is 0 Å². The Morgan fingerprint density at radius 1 is 1.35 bits per heavy atom. The maximum absolute atomic E-state index is 12.2. The predicted molar refractivity (Wildman–Crippen MR) is 81.0 cm³/mol. The fourth-order valence-electron chi connectivity index (χ4n) is 2.51. The summed E-state index contributed by atoms with van der Waals surface area (Å²) in [5.41, 5.74) is 8.38. The second-order valence-electron chi connectivity index (χ2n) is 4.82. The number of rotatable bonds is 3. The van der Waals surface area contributed by atoms with Crippen molar-refractivity contribution in [3.05, 3.63) is 62.0 Å². The molecule has 0 unspecified atom stereocenters. The van der Waals surface area contributed by atoms with E-state index in [1.807, 2.05) is 12.1 Å². The molecule has 1 aliphatic rings. The molecule has 2 heterocycles. The minimum Gasteiger partial charge on any atom is -0.493 e. The number of ether oxygens (including phenoxy) is 1. The molecule has 0 spiro atoms. The van der Waals surface area contributed by atoms with Crippen LogP contribution < -0.4 is 16.0 Å². The number of nitrogens with two attached hydrogens (primary N) is 1. The summed E-state index contributed by atoms with van der Waals surface area (Å²) >= 11 is 3.51. The molecule has 104 valence electrons. The molecule has 4 nitrogen and oxygen atoms in total. The van der Waals surface area contributed by atoms with E-state index in [1.165, 1.54) is 5.56 Å². The van der Waals surface area contributed by atoms with Gasteiger partial charge in [-0.05, 0) is 23.8 Å². The van der Waals surface area contributed by atoms with Gasteiger partial charge in [-0.25, -0.2) is 0 Å². The first-order valence-corrected chi connectivity index (χ1v) is 7.31. The maximum atomic E-state index is 12.2. The van der Waals surface area contributed by atoms with E-state index in [4.69, 9.17) is 10.5 Å². The summed E-state index contributed by atoms with van der Waals surface area (Å²) in [6, 6.07) is 7.69. The van der Waals surface area contributed by atoms with E-state index >= 15 is 0 Å². The fourth-order valence-corrected chi connectivity index (χ4v) is 3.07. The third kappa shape index (κ3) is 2.39. The van der Waals surface area contributed by atoms with Gasteiger partial charge in [-0.15, -0.1) is 0 Å². The number of fused-ring (bicyclic) bond motifs is 1. The maximum Gasteiger partial charge on any atom is 0.255 e. The van der Waals surface area contributed by atoms with Crippen LogP contribution in [-0.4, -0.2) is 11.2 Å². The molecule has 2 N–H and O–H groups in total. The lowest BCUT2D eigenvalue weighted by Gasteiger charge is -2.11. The third-order valence-corrected chi connectivity index (χ3v) is 3.94. The van der Waals surface area contributed by atoms with Crippen molar-refractivity contribution in [2.75, 3.05) is 6.61 Å². The molecule has 1 aliphatic heterocycles. The first-order valence-electron chi connectivity index (χ1n) is 6.51. The SMILES string of the molecule is NCc1cccn(Cc2cc(Br)cc3c2OCC3)c1=O. The van der Waals surface area contributed by atoms with E-state index < -0.39 is 0 Å². The zero-order valence-electron chi connectivity index (χ0n) is 10.9. The van der Waals surface area contributed by atoms with Crippen LogP contribution in [0.25, 0.3) is 0 Å². The molecular weight excluding hydrogens is 320 g/mol. The molecular formula is C15H15BrN2O2. The molecule has 0 saturated carbocycles. The summed E-state index contributed by atoms with van der Waals surface area (Å²) in [7, 11) is 0. The summed E-state index contributed by atoms with van der Waals surface area (Å²) in [4.78, 5) is 12.2. The van der Waals surface area contributed by atoms with Crippen molar-refractivity contribution in [1.82, 2.24) is 4.57 Å². The summed E-state index contributed by atoms with van der Waals surface area (Å²) in [6.45, 7) is 1.46. The highest BCUT2D eigenvalue weighted by Crippen LogP contribution is 2.33. The van der Waals surface area contributed by atoms with Crippen LogP contribution in [0.5, 0.6) is 5.75 Å². The van der Waals surface area contributed by atoms with Crippen molar-refractivity contribution in [1.29, 1.82) is 0 Å². The van der Waals surface area contributed by atoms with Crippen molar-refractivity contribution in [3.8, 4) is 5.75 Å². The summed E-state index contributed by atoms with van der Waals surface area (Å²) in [6.07, 6.45) is 2.70. The Balaban J connectivity index is 2.02. The lowest BCUT2D eigenvalue weighted by molar-refractivity contribution is 0.352. The van der Waals surface area contributed by atoms with Gasteiger partial charge >= 0.3 is 0 Å². The lowest BCUT2D eigenvalue weighted by Crippen LogP contribution is -2.25. The van der Waals surface area contributed by atoms with Crippen LogP contribution in [0.1, 0.15) is 16.7 Å². The van der Waals surface area contributed by atoms with Gasteiger partial charge < -0.3 is 15.0 Å². The summed E-state index contributed by atoms with van der Waals surface area (Å²) in [5.74, 6) is 0.915. The van der Waals surface area contributed by atoms with Crippen LogP contribution in [0.15, 0.2) is 39.7 Å². The van der Waals surface area contributed by atoms with E-state index in [0.717, 1.165) is 22.2 Å². The molecule has 1 aromatic heterocycles. The second-order valence-corrected chi connectivity index (χ2v) is 5.74. The number of halogens is 1. The Labute approximate surface area is 125 Å². The zero-order valence-corrected chi connectivity index (χ0v) is 12.5. The molecule has 20 heavy (non-hydrogen) atoms. The third-order valence-electron chi connectivity index (χ3n) is 3.48. The van der Waals surface area contributed by atoms with Crippen molar-refractivity contribution < 1.29 is 4.74 Å². The molecule has 2 aromatic rings. The van der Waals surface area contributed by atoms with Crippen LogP contribution in [0.4, 0.5) is 0 Å². The van der Waals surface area contributed by atoms with E-state index in [-0.39, 0.29) is 12.1 Å². The highest BCUT2D eigenvalue weighted by atomic mass is 79.9. The molecule has 0 bridgehead atoms. The molecule has 0 amide bonds. The number of nitrogens with zero attached hydrogens (tertiary/aromatic N) is 1. The Morgan fingerprint density at radius 3 is 3.00 bits per heavy atom. The Bertz CT molecular complexity index is 710. The van der Waals surface area contributed by atoms with Gasteiger partial charge in [0.25, 0.3) is 5.56 Å². The van der Waals surface area contributed by atoms with Gasteiger partial charge in [0.2, 0.25) is 0 Å². The second kappa shape index (κ2) is 5.42. The molecule has 1 aromatic carbocycles. The van der Waals surface area contributed by atoms with Crippen molar-refractivity contribution in [3.63, 3.8) is 0 Å². The van der Waals surface area contributed by atoms with Crippen molar-refractivity contribution >= 4 is 15.9 Å². The molecule has 3 rings (SSSR count). The number of benzene rings is 1. The molecule has 0 fully saturated rings.